The van der Waals surface area contributed by atoms with Crippen molar-refractivity contribution in [3.05, 3.63) is 0 Å². The zero-order chi connectivity index (χ0) is 8.44. The molecule has 0 aromatic heterocycles. The maximum absolute atomic E-state index is 9.28. The van der Waals surface area contributed by atoms with Crippen molar-refractivity contribution in [2.45, 2.75) is 51.4 Å². The van der Waals surface area contributed by atoms with Crippen molar-refractivity contribution >= 4 is 0 Å². The van der Waals surface area contributed by atoms with Gasteiger partial charge in [-0.1, -0.05) is 25.7 Å². The lowest BCUT2D eigenvalue weighted by atomic mass is 9.68. The Morgan fingerprint density at radius 1 is 1.00 bits per heavy atom. The van der Waals surface area contributed by atoms with Crippen molar-refractivity contribution in [1.82, 2.24) is 0 Å². The van der Waals surface area contributed by atoms with Crippen molar-refractivity contribution in [2.75, 3.05) is 6.61 Å². The number of rotatable bonds is 1. The van der Waals surface area contributed by atoms with Crippen LogP contribution in [-0.2, 0) is 0 Å². The molecule has 2 fully saturated rings. The summed E-state index contributed by atoms with van der Waals surface area (Å²) >= 11 is 0. The molecule has 0 amide bonds. The highest BCUT2D eigenvalue weighted by Crippen LogP contribution is 2.52. The Bertz CT molecular complexity index is 147. The van der Waals surface area contributed by atoms with Crippen LogP contribution in [0.1, 0.15) is 51.4 Å². The van der Waals surface area contributed by atoms with Crippen LogP contribution >= 0.6 is 0 Å². The molecule has 2 saturated carbocycles. The first kappa shape index (κ1) is 8.55. The average Bonchev–Trinajstić information content (AvgIpc) is 2.49. The van der Waals surface area contributed by atoms with Crippen molar-refractivity contribution in [1.29, 1.82) is 0 Å². The predicted octanol–water partition coefficient (Wildman–Crippen LogP) is 2.73. The molecule has 70 valence electrons. The van der Waals surface area contributed by atoms with Gasteiger partial charge in [0.05, 0.1) is 0 Å². The average molecular weight is 168 g/mol. The van der Waals surface area contributed by atoms with Gasteiger partial charge in [-0.15, -0.1) is 0 Å². The number of hydrogen-bond acceptors (Lipinski definition) is 1. The number of aliphatic hydroxyl groups excluding tert-OH is 1. The molecular weight excluding hydrogens is 148 g/mol. The van der Waals surface area contributed by atoms with Crippen LogP contribution < -0.4 is 0 Å². The van der Waals surface area contributed by atoms with E-state index >= 15 is 0 Å². The van der Waals surface area contributed by atoms with E-state index in [2.05, 4.69) is 0 Å². The van der Waals surface area contributed by atoms with Gasteiger partial charge in [-0.2, -0.15) is 0 Å². The molecule has 1 atom stereocenters. The first-order valence-corrected chi connectivity index (χ1v) is 5.48. The zero-order valence-corrected chi connectivity index (χ0v) is 7.89. The monoisotopic (exact) mass is 168 g/mol. The molecule has 0 aromatic carbocycles. The molecule has 0 bridgehead atoms. The van der Waals surface area contributed by atoms with Gasteiger partial charge >= 0.3 is 0 Å². The van der Waals surface area contributed by atoms with E-state index in [9.17, 15) is 5.11 Å². The second kappa shape index (κ2) is 3.37. The van der Waals surface area contributed by atoms with Crippen molar-refractivity contribution in [3.63, 3.8) is 0 Å². The fourth-order valence-electron chi connectivity index (χ4n) is 3.41. The summed E-state index contributed by atoms with van der Waals surface area (Å²) in [6.07, 6.45) is 11.1. The summed E-state index contributed by atoms with van der Waals surface area (Å²) in [5, 5.41) is 9.28. The van der Waals surface area contributed by atoms with Gasteiger partial charge < -0.3 is 5.11 Å². The lowest BCUT2D eigenvalue weighted by Crippen LogP contribution is -2.30. The molecule has 2 rings (SSSR count). The topological polar surface area (TPSA) is 20.2 Å². The molecule has 1 nitrogen and oxygen atoms in total. The highest BCUT2D eigenvalue weighted by molar-refractivity contribution is 4.93. The normalized spacial score (nSPS) is 34.2. The van der Waals surface area contributed by atoms with Gasteiger partial charge in [0.2, 0.25) is 0 Å². The standard InChI is InChI=1S/C11H20O/c12-9-10-5-4-8-11(10)6-2-1-3-7-11/h10,12H,1-9H2. The lowest BCUT2D eigenvalue weighted by Gasteiger charge is -2.38. The van der Waals surface area contributed by atoms with Gasteiger partial charge in [0, 0.05) is 6.61 Å². The fourth-order valence-corrected chi connectivity index (χ4v) is 3.41. The molecule has 0 aromatic rings. The smallest absolute Gasteiger partial charge is 0.0464 e. The molecule has 2 aliphatic rings. The highest BCUT2D eigenvalue weighted by Gasteiger charge is 2.42. The Balaban J connectivity index is 2.05. The maximum atomic E-state index is 9.28. The summed E-state index contributed by atoms with van der Waals surface area (Å²) in [5.41, 5.74) is 0.590. The van der Waals surface area contributed by atoms with E-state index in [1.807, 2.05) is 0 Å². The van der Waals surface area contributed by atoms with E-state index in [-0.39, 0.29) is 0 Å². The van der Waals surface area contributed by atoms with Gasteiger partial charge in [0.25, 0.3) is 0 Å². The SMILES string of the molecule is OCC1CCCC12CCCCC2. The molecule has 0 saturated heterocycles. The lowest BCUT2D eigenvalue weighted by molar-refractivity contribution is 0.0769. The second-order valence-electron chi connectivity index (χ2n) is 4.69. The van der Waals surface area contributed by atoms with Crippen LogP contribution in [0.15, 0.2) is 0 Å². The third-order valence-corrected chi connectivity index (χ3v) is 4.16. The molecule has 12 heavy (non-hydrogen) atoms. The van der Waals surface area contributed by atoms with E-state index < -0.39 is 0 Å². The third-order valence-electron chi connectivity index (χ3n) is 4.16. The summed E-state index contributed by atoms with van der Waals surface area (Å²) in [6, 6.07) is 0. The summed E-state index contributed by atoms with van der Waals surface area (Å²) in [6.45, 7) is 0.444. The molecule has 0 radical (unpaired) electrons. The maximum Gasteiger partial charge on any atom is 0.0464 e. The Morgan fingerprint density at radius 3 is 2.33 bits per heavy atom. The van der Waals surface area contributed by atoms with E-state index in [4.69, 9.17) is 0 Å². The Hall–Kier alpha value is -0.0400. The largest absolute Gasteiger partial charge is 0.396 e. The molecule has 1 spiro atoms. The fraction of sp³-hybridized carbons (Fsp3) is 1.00. The zero-order valence-electron chi connectivity index (χ0n) is 7.89. The summed E-state index contributed by atoms with van der Waals surface area (Å²) in [7, 11) is 0. The van der Waals surface area contributed by atoms with Gasteiger partial charge in [-0.25, -0.2) is 0 Å². The Morgan fingerprint density at radius 2 is 1.67 bits per heavy atom. The van der Waals surface area contributed by atoms with E-state index in [1.165, 1.54) is 51.4 Å². The van der Waals surface area contributed by atoms with Crippen LogP contribution in [-0.4, -0.2) is 11.7 Å². The van der Waals surface area contributed by atoms with Crippen LogP contribution in [0, 0.1) is 11.3 Å². The first-order valence-electron chi connectivity index (χ1n) is 5.48. The highest BCUT2D eigenvalue weighted by atomic mass is 16.3. The van der Waals surface area contributed by atoms with Crippen molar-refractivity contribution in [3.8, 4) is 0 Å². The van der Waals surface area contributed by atoms with Crippen LogP contribution in [0.25, 0.3) is 0 Å². The summed E-state index contributed by atoms with van der Waals surface area (Å²) in [5.74, 6) is 0.651. The number of hydrogen-bond donors (Lipinski definition) is 1. The van der Waals surface area contributed by atoms with E-state index in [1.54, 1.807) is 0 Å². The van der Waals surface area contributed by atoms with Gasteiger partial charge in [-0.05, 0) is 37.0 Å². The molecule has 1 heteroatoms. The summed E-state index contributed by atoms with van der Waals surface area (Å²) in [4.78, 5) is 0. The van der Waals surface area contributed by atoms with E-state index in [0.717, 1.165) is 0 Å². The van der Waals surface area contributed by atoms with Gasteiger partial charge in [0.1, 0.15) is 0 Å². The van der Waals surface area contributed by atoms with E-state index in [0.29, 0.717) is 17.9 Å². The van der Waals surface area contributed by atoms with Crippen LogP contribution in [0.4, 0.5) is 0 Å². The van der Waals surface area contributed by atoms with Gasteiger partial charge in [0.15, 0.2) is 0 Å². The minimum atomic E-state index is 0.444. The molecule has 2 aliphatic carbocycles. The molecule has 0 aliphatic heterocycles. The quantitative estimate of drug-likeness (QED) is 0.638. The summed E-state index contributed by atoms with van der Waals surface area (Å²) < 4.78 is 0. The van der Waals surface area contributed by atoms with Gasteiger partial charge in [-0.3, -0.25) is 0 Å². The minimum Gasteiger partial charge on any atom is -0.396 e. The minimum absolute atomic E-state index is 0.444. The van der Waals surface area contributed by atoms with Crippen LogP contribution in [0.5, 0.6) is 0 Å². The number of aliphatic hydroxyl groups is 1. The Kier molecular flexibility index (Phi) is 2.40. The Labute approximate surface area is 75.2 Å². The van der Waals surface area contributed by atoms with Crippen LogP contribution in [0.3, 0.4) is 0 Å². The van der Waals surface area contributed by atoms with Crippen molar-refractivity contribution < 1.29 is 5.11 Å². The molecular formula is C11H20O. The van der Waals surface area contributed by atoms with Crippen LogP contribution in [0.2, 0.25) is 0 Å². The second-order valence-corrected chi connectivity index (χ2v) is 4.69. The molecule has 0 heterocycles. The molecule has 1 N–H and O–H groups in total. The molecule has 1 unspecified atom stereocenters. The van der Waals surface area contributed by atoms with Crippen molar-refractivity contribution in [2.24, 2.45) is 11.3 Å². The third kappa shape index (κ3) is 1.28. The predicted molar refractivity (Wildman–Crippen MR) is 49.9 cm³/mol. The first-order chi connectivity index (χ1) is 5.87.